The summed E-state index contributed by atoms with van der Waals surface area (Å²) in [4.78, 5) is 35.3. The van der Waals surface area contributed by atoms with Gasteiger partial charge in [-0.1, -0.05) is 0 Å². The summed E-state index contributed by atoms with van der Waals surface area (Å²) >= 11 is 0. The molecule has 3 atom stereocenters. The van der Waals surface area contributed by atoms with E-state index in [0.717, 1.165) is 12.1 Å². The molecule has 1 aliphatic rings. The predicted octanol–water partition coefficient (Wildman–Crippen LogP) is 0.219. The van der Waals surface area contributed by atoms with Crippen molar-refractivity contribution in [2.45, 2.75) is 30.8 Å². The van der Waals surface area contributed by atoms with Crippen LogP contribution >= 0.6 is 0 Å². The quantitative estimate of drug-likeness (QED) is 0.254. The van der Waals surface area contributed by atoms with Crippen LogP contribution in [-0.2, 0) is 15.7 Å². The fraction of sp³-hybridized carbons (Fsp3) is 0.471. The number of carbonyl (C=O) groups excluding carboxylic acids is 3. The molecule has 1 aromatic rings. The van der Waals surface area contributed by atoms with E-state index in [1.165, 1.54) is 7.11 Å². The van der Waals surface area contributed by atoms with Gasteiger partial charge in [-0.05, 0) is 31.2 Å². The van der Waals surface area contributed by atoms with Gasteiger partial charge in [0, 0.05) is 18.3 Å². The predicted molar refractivity (Wildman–Crippen MR) is 96.9 cm³/mol. The van der Waals surface area contributed by atoms with Crippen LogP contribution in [0.5, 0.6) is 0 Å². The summed E-state index contributed by atoms with van der Waals surface area (Å²) in [6, 6.07) is 1.52. The van der Waals surface area contributed by atoms with Crippen LogP contribution in [-0.4, -0.2) is 56.7 Å². The summed E-state index contributed by atoms with van der Waals surface area (Å²) in [5.74, 6) is -0.945. The normalized spacial score (nSPS) is 20.4. The second-order valence-electron chi connectivity index (χ2n) is 6.40. The third kappa shape index (κ3) is 6.06. The van der Waals surface area contributed by atoms with Crippen LogP contribution in [0.1, 0.15) is 22.3 Å². The van der Waals surface area contributed by atoms with Crippen molar-refractivity contribution < 1.29 is 32.3 Å². The molecule has 1 aromatic carbocycles. The number of rotatable bonds is 6. The van der Waals surface area contributed by atoms with Crippen LogP contribution in [0, 0.1) is 0 Å². The van der Waals surface area contributed by atoms with Gasteiger partial charge in [0.1, 0.15) is 6.17 Å². The maximum absolute atomic E-state index is 12.9. The number of alkyl halides is 3. The molecule has 160 valence electrons. The van der Waals surface area contributed by atoms with Crippen molar-refractivity contribution in [3.8, 4) is 0 Å². The van der Waals surface area contributed by atoms with Crippen molar-refractivity contribution in [1.82, 2.24) is 21.3 Å². The number of nitrogens with two attached hydrogens (primary N) is 1. The molecule has 0 aliphatic carbocycles. The standard InChI is InChI=1S/C17H22F3N5O4/c1-29-16(28)24-12-4-5-22-7-13(12)23-14(8-26)25-15(27)10-6-9(17(18,19)20)2-3-11(10)21/h2-3,6,8,12-14,22-23H,4-5,7,21H2,1H3,(H,24,28)(H,25,27). The molecular formula is C17H22F3N5O4. The number of anilines is 1. The maximum atomic E-state index is 12.9. The number of methoxy groups -OCH3 is 1. The average molecular weight is 417 g/mol. The second kappa shape index (κ2) is 9.56. The minimum atomic E-state index is -4.65. The smallest absolute Gasteiger partial charge is 0.416 e. The highest BCUT2D eigenvalue weighted by Gasteiger charge is 2.32. The Morgan fingerprint density at radius 2 is 2.07 bits per heavy atom. The summed E-state index contributed by atoms with van der Waals surface area (Å²) in [5, 5.41) is 10.9. The molecule has 1 fully saturated rings. The highest BCUT2D eigenvalue weighted by atomic mass is 19.4. The fourth-order valence-electron chi connectivity index (χ4n) is 2.91. The third-order valence-electron chi connectivity index (χ3n) is 4.41. The largest absolute Gasteiger partial charge is 0.453 e. The summed E-state index contributed by atoms with van der Waals surface area (Å²) < 4.78 is 43.2. The van der Waals surface area contributed by atoms with Crippen molar-refractivity contribution in [3.63, 3.8) is 0 Å². The molecule has 0 radical (unpaired) electrons. The number of halogens is 3. The van der Waals surface area contributed by atoms with E-state index in [0.29, 0.717) is 31.9 Å². The van der Waals surface area contributed by atoms with Crippen molar-refractivity contribution >= 4 is 24.0 Å². The van der Waals surface area contributed by atoms with Gasteiger partial charge in [0.2, 0.25) is 0 Å². The molecule has 0 bridgehead atoms. The van der Waals surface area contributed by atoms with Crippen molar-refractivity contribution in [1.29, 1.82) is 0 Å². The number of nitrogen functional groups attached to an aromatic ring is 1. The van der Waals surface area contributed by atoms with E-state index in [9.17, 15) is 27.6 Å². The van der Waals surface area contributed by atoms with Gasteiger partial charge >= 0.3 is 12.3 Å². The first-order valence-electron chi connectivity index (χ1n) is 8.69. The van der Waals surface area contributed by atoms with Gasteiger partial charge in [-0.25, -0.2) is 4.79 Å². The summed E-state index contributed by atoms with van der Waals surface area (Å²) in [6.07, 6.45) is -5.58. The number of piperidine rings is 1. The number of hydrogen-bond acceptors (Lipinski definition) is 7. The summed E-state index contributed by atoms with van der Waals surface area (Å²) in [6.45, 7) is 0.992. The topological polar surface area (TPSA) is 135 Å². The van der Waals surface area contributed by atoms with Gasteiger partial charge in [-0.15, -0.1) is 0 Å². The number of nitrogens with one attached hydrogen (secondary N) is 4. The molecule has 2 rings (SSSR count). The van der Waals surface area contributed by atoms with Gasteiger partial charge in [0.15, 0.2) is 6.29 Å². The Bertz CT molecular complexity index is 759. The molecule has 0 spiro atoms. The number of ether oxygens (including phenoxy) is 1. The molecule has 1 heterocycles. The highest BCUT2D eigenvalue weighted by Crippen LogP contribution is 2.31. The van der Waals surface area contributed by atoms with E-state index in [1.807, 2.05) is 0 Å². The monoisotopic (exact) mass is 417 g/mol. The lowest BCUT2D eigenvalue weighted by molar-refractivity contribution is -0.137. The van der Waals surface area contributed by atoms with E-state index < -0.39 is 41.5 Å². The lowest BCUT2D eigenvalue weighted by Crippen LogP contribution is -2.63. The molecule has 0 saturated carbocycles. The van der Waals surface area contributed by atoms with Crippen molar-refractivity contribution in [3.05, 3.63) is 29.3 Å². The third-order valence-corrected chi connectivity index (χ3v) is 4.41. The van der Waals surface area contributed by atoms with Crippen molar-refractivity contribution in [2.75, 3.05) is 25.9 Å². The van der Waals surface area contributed by atoms with Crippen LogP contribution in [0.25, 0.3) is 0 Å². The summed E-state index contributed by atoms with van der Waals surface area (Å²) in [5.41, 5.74) is 4.02. The van der Waals surface area contributed by atoms with Crippen molar-refractivity contribution in [2.24, 2.45) is 0 Å². The molecule has 3 unspecified atom stereocenters. The van der Waals surface area contributed by atoms with Crippen LogP contribution in [0.4, 0.5) is 23.7 Å². The van der Waals surface area contributed by atoms with E-state index >= 15 is 0 Å². The van der Waals surface area contributed by atoms with Gasteiger partial charge in [0.25, 0.3) is 5.91 Å². The Morgan fingerprint density at radius 1 is 1.34 bits per heavy atom. The first kappa shape index (κ1) is 22.4. The Morgan fingerprint density at radius 3 is 2.69 bits per heavy atom. The fourth-order valence-corrected chi connectivity index (χ4v) is 2.91. The molecule has 6 N–H and O–H groups in total. The molecule has 9 nitrogen and oxygen atoms in total. The minimum Gasteiger partial charge on any atom is -0.453 e. The zero-order valence-electron chi connectivity index (χ0n) is 15.5. The Hall–Kier alpha value is -2.86. The van der Waals surface area contributed by atoms with Crippen LogP contribution in [0.2, 0.25) is 0 Å². The molecular weight excluding hydrogens is 395 g/mol. The molecule has 29 heavy (non-hydrogen) atoms. The number of alkyl carbamates (subject to hydrolysis) is 1. The highest BCUT2D eigenvalue weighted by molar-refractivity contribution is 6.00. The zero-order valence-corrected chi connectivity index (χ0v) is 15.5. The molecule has 1 aliphatic heterocycles. The Labute approximate surface area is 164 Å². The minimum absolute atomic E-state index is 0.162. The SMILES string of the molecule is COC(=O)NC1CCNCC1NC(C=O)NC(=O)c1cc(C(F)(F)F)ccc1N. The van der Waals surface area contributed by atoms with E-state index in [4.69, 9.17) is 5.73 Å². The van der Waals surface area contributed by atoms with Gasteiger partial charge in [0.05, 0.1) is 24.3 Å². The lowest BCUT2D eigenvalue weighted by atomic mass is 10.0. The van der Waals surface area contributed by atoms with Crippen LogP contribution in [0.15, 0.2) is 18.2 Å². The number of amides is 2. The number of hydrogen-bond donors (Lipinski definition) is 5. The number of benzene rings is 1. The maximum Gasteiger partial charge on any atom is 0.416 e. The van der Waals surface area contributed by atoms with Gasteiger partial charge in [-0.3, -0.25) is 14.9 Å². The number of carbonyl (C=O) groups is 3. The number of aldehydes is 1. The Kier molecular flexibility index (Phi) is 7.40. The average Bonchev–Trinajstić information content (AvgIpc) is 2.67. The zero-order chi connectivity index (χ0) is 21.6. The summed E-state index contributed by atoms with van der Waals surface area (Å²) in [7, 11) is 1.22. The second-order valence-corrected chi connectivity index (χ2v) is 6.40. The van der Waals surface area contributed by atoms with E-state index in [2.05, 4.69) is 26.0 Å². The Balaban J connectivity index is 2.10. The lowest BCUT2D eigenvalue weighted by Gasteiger charge is -2.34. The van der Waals surface area contributed by atoms with Crippen LogP contribution < -0.4 is 27.0 Å². The molecule has 2 amide bonds. The molecule has 0 aromatic heterocycles. The first-order valence-corrected chi connectivity index (χ1v) is 8.69. The van der Waals surface area contributed by atoms with E-state index in [-0.39, 0.29) is 11.7 Å². The van der Waals surface area contributed by atoms with Crippen LogP contribution in [0.3, 0.4) is 0 Å². The van der Waals surface area contributed by atoms with Gasteiger partial charge in [-0.2, -0.15) is 13.2 Å². The van der Waals surface area contributed by atoms with Gasteiger partial charge < -0.3 is 26.4 Å². The molecule has 12 heteroatoms. The molecule has 1 saturated heterocycles. The first-order chi connectivity index (χ1) is 13.7. The van der Waals surface area contributed by atoms with E-state index in [1.54, 1.807) is 0 Å².